The van der Waals surface area contributed by atoms with Crippen LogP contribution in [0.25, 0.3) is 0 Å². The highest BCUT2D eigenvalue weighted by Gasteiger charge is 2.06. The van der Waals surface area contributed by atoms with Crippen molar-refractivity contribution >= 4 is 11.9 Å². The molecule has 0 aromatic heterocycles. The first kappa shape index (κ1) is 12.8. The molecule has 88 valence electrons. The van der Waals surface area contributed by atoms with Crippen molar-refractivity contribution in [2.75, 3.05) is 7.11 Å². The fourth-order valence-electron chi connectivity index (χ4n) is 1.28. The van der Waals surface area contributed by atoms with Crippen molar-refractivity contribution in [3.05, 3.63) is 34.9 Å². The molecule has 0 unspecified atom stereocenters. The van der Waals surface area contributed by atoms with Crippen molar-refractivity contribution in [2.24, 2.45) is 5.73 Å². The molecule has 17 heavy (non-hydrogen) atoms. The number of amides is 1. The fraction of sp³-hybridized carbons (Fsp3) is 0.231. The van der Waals surface area contributed by atoms with E-state index in [2.05, 4.69) is 16.6 Å². The number of nitrogens with two attached hydrogens (primary N) is 1. The third-order valence-electron chi connectivity index (χ3n) is 2.13. The van der Waals surface area contributed by atoms with Crippen LogP contribution in [-0.2, 0) is 9.53 Å². The summed E-state index contributed by atoms with van der Waals surface area (Å²) in [5, 5.41) is 0. The summed E-state index contributed by atoms with van der Waals surface area (Å²) >= 11 is 0. The second-order valence-electron chi connectivity index (χ2n) is 3.47. The summed E-state index contributed by atoms with van der Waals surface area (Å²) in [6.45, 7) is 1.83. The first-order valence-electron chi connectivity index (χ1n) is 5.00. The van der Waals surface area contributed by atoms with Crippen molar-refractivity contribution in [3.8, 4) is 11.8 Å². The standard InChI is InChI=1S/C13H13NO3/c1-9-8-11(13(16)17-2)7-6-10(9)4-3-5-12(14)15/h6-8H,5H2,1-2H3,(H2,14,15). The van der Waals surface area contributed by atoms with Gasteiger partial charge in [-0.15, -0.1) is 0 Å². The number of benzene rings is 1. The second kappa shape index (κ2) is 5.71. The summed E-state index contributed by atoms with van der Waals surface area (Å²) in [4.78, 5) is 21.8. The summed E-state index contributed by atoms with van der Waals surface area (Å²) in [5.74, 6) is 4.65. The first-order valence-corrected chi connectivity index (χ1v) is 5.00. The minimum absolute atomic E-state index is 0.0260. The lowest BCUT2D eigenvalue weighted by Crippen LogP contribution is -2.08. The second-order valence-corrected chi connectivity index (χ2v) is 3.47. The van der Waals surface area contributed by atoms with Gasteiger partial charge in [0.2, 0.25) is 5.91 Å². The van der Waals surface area contributed by atoms with Gasteiger partial charge in [0, 0.05) is 5.56 Å². The Kier molecular flexibility index (Phi) is 4.29. The van der Waals surface area contributed by atoms with E-state index in [4.69, 9.17) is 5.73 Å². The number of primary amides is 1. The minimum atomic E-state index is -0.457. The number of hydrogen-bond acceptors (Lipinski definition) is 3. The molecule has 4 heteroatoms. The van der Waals surface area contributed by atoms with E-state index < -0.39 is 5.91 Å². The first-order chi connectivity index (χ1) is 8.04. The highest BCUT2D eigenvalue weighted by Crippen LogP contribution is 2.10. The van der Waals surface area contributed by atoms with Crippen LogP contribution in [-0.4, -0.2) is 19.0 Å². The van der Waals surface area contributed by atoms with Crippen LogP contribution in [0.4, 0.5) is 0 Å². The Bertz CT molecular complexity index is 509. The molecule has 0 aliphatic rings. The normalized spacial score (nSPS) is 9.06. The Balaban J connectivity index is 2.93. The average Bonchev–Trinajstić information content (AvgIpc) is 2.29. The lowest BCUT2D eigenvalue weighted by molar-refractivity contribution is -0.117. The number of esters is 1. The molecule has 0 spiro atoms. The number of carbonyl (C=O) groups excluding carboxylic acids is 2. The molecule has 0 fully saturated rings. The maximum Gasteiger partial charge on any atom is 0.337 e. The molecule has 0 heterocycles. The van der Waals surface area contributed by atoms with E-state index in [0.717, 1.165) is 11.1 Å². The Hall–Kier alpha value is -2.28. The van der Waals surface area contributed by atoms with Crippen molar-refractivity contribution in [3.63, 3.8) is 0 Å². The van der Waals surface area contributed by atoms with Crippen LogP contribution >= 0.6 is 0 Å². The molecule has 1 aromatic rings. The molecule has 1 aromatic carbocycles. The summed E-state index contributed by atoms with van der Waals surface area (Å²) in [6.07, 6.45) is 0.0260. The van der Waals surface area contributed by atoms with Gasteiger partial charge in [-0.25, -0.2) is 4.79 Å². The number of ether oxygens (including phenoxy) is 1. The predicted molar refractivity (Wildman–Crippen MR) is 63.2 cm³/mol. The monoisotopic (exact) mass is 231 g/mol. The number of aryl methyl sites for hydroxylation is 1. The van der Waals surface area contributed by atoms with E-state index in [9.17, 15) is 9.59 Å². The van der Waals surface area contributed by atoms with E-state index in [1.54, 1.807) is 18.2 Å². The number of methoxy groups -OCH3 is 1. The van der Waals surface area contributed by atoms with Crippen molar-refractivity contribution in [2.45, 2.75) is 13.3 Å². The maximum atomic E-state index is 11.3. The van der Waals surface area contributed by atoms with Gasteiger partial charge in [-0.05, 0) is 30.7 Å². The number of rotatable bonds is 2. The molecule has 2 N–H and O–H groups in total. The van der Waals surface area contributed by atoms with Crippen LogP contribution in [0.5, 0.6) is 0 Å². The van der Waals surface area contributed by atoms with Gasteiger partial charge in [-0.3, -0.25) is 4.79 Å². The summed E-state index contributed by atoms with van der Waals surface area (Å²) in [5.41, 5.74) is 7.07. The van der Waals surface area contributed by atoms with Gasteiger partial charge >= 0.3 is 5.97 Å². The molecule has 0 saturated heterocycles. The van der Waals surface area contributed by atoms with Crippen molar-refractivity contribution < 1.29 is 14.3 Å². The molecule has 1 amide bonds. The number of carbonyl (C=O) groups is 2. The zero-order valence-corrected chi connectivity index (χ0v) is 9.74. The van der Waals surface area contributed by atoms with Gasteiger partial charge in [0.15, 0.2) is 0 Å². The van der Waals surface area contributed by atoms with E-state index in [1.807, 2.05) is 6.92 Å². The van der Waals surface area contributed by atoms with Gasteiger partial charge in [-0.2, -0.15) is 0 Å². The SMILES string of the molecule is COC(=O)c1ccc(C#CCC(N)=O)c(C)c1. The van der Waals surface area contributed by atoms with Crippen LogP contribution in [0.2, 0.25) is 0 Å². The van der Waals surface area contributed by atoms with Gasteiger partial charge in [0.25, 0.3) is 0 Å². The van der Waals surface area contributed by atoms with Crippen molar-refractivity contribution in [1.29, 1.82) is 0 Å². The quantitative estimate of drug-likeness (QED) is 0.610. The minimum Gasteiger partial charge on any atom is -0.465 e. The van der Waals surface area contributed by atoms with Crippen LogP contribution in [0.15, 0.2) is 18.2 Å². The predicted octanol–water partition coefficient (Wildman–Crippen LogP) is 1.01. The van der Waals surface area contributed by atoms with Gasteiger partial charge in [0.05, 0.1) is 19.1 Å². The Morgan fingerprint density at radius 2 is 2.12 bits per heavy atom. The van der Waals surface area contributed by atoms with Crippen LogP contribution in [0.3, 0.4) is 0 Å². The molecule has 0 atom stereocenters. The smallest absolute Gasteiger partial charge is 0.337 e. The topological polar surface area (TPSA) is 69.4 Å². The van der Waals surface area contributed by atoms with E-state index in [0.29, 0.717) is 5.56 Å². The zero-order chi connectivity index (χ0) is 12.8. The fourth-order valence-corrected chi connectivity index (χ4v) is 1.28. The Morgan fingerprint density at radius 3 is 2.65 bits per heavy atom. The highest BCUT2D eigenvalue weighted by molar-refractivity contribution is 5.89. The molecule has 0 aliphatic carbocycles. The lowest BCUT2D eigenvalue weighted by Gasteiger charge is -2.02. The summed E-state index contributed by atoms with van der Waals surface area (Å²) in [6, 6.07) is 5.04. The largest absolute Gasteiger partial charge is 0.465 e. The number of hydrogen-bond donors (Lipinski definition) is 1. The van der Waals surface area contributed by atoms with E-state index in [-0.39, 0.29) is 12.4 Å². The molecule has 4 nitrogen and oxygen atoms in total. The van der Waals surface area contributed by atoms with Crippen LogP contribution in [0.1, 0.15) is 27.9 Å². The Morgan fingerprint density at radius 1 is 1.41 bits per heavy atom. The third-order valence-corrected chi connectivity index (χ3v) is 2.13. The van der Waals surface area contributed by atoms with Crippen LogP contribution < -0.4 is 5.73 Å². The van der Waals surface area contributed by atoms with Crippen molar-refractivity contribution in [1.82, 2.24) is 0 Å². The molecule has 0 aliphatic heterocycles. The molecular formula is C13H13NO3. The highest BCUT2D eigenvalue weighted by atomic mass is 16.5. The average molecular weight is 231 g/mol. The van der Waals surface area contributed by atoms with Gasteiger partial charge in [0.1, 0.15) is 0 Å². The molecule has 0 radical (unpaired) electrons. The van der Waals surface area contributed by atoms with E-state index >= 15 is 0 Å². The third kappa shape index (κ3) is 3.65. The van der Waals surface area contributed by atoms with E-state index in [1.165, 1.54) is 7.11 Å². The summed E-state index contributed by atoms with van der Waals surface area (Å²) in [7, 11) is 1.33. The molecule has 0 saturated carbocycles. The maximum absolute atomic E-state index is 11.3. The molecule has 1 rings (SSSR count). The van der Waals surface area contributed by atoms with Crippen LogP contribution in [0, 0.1) is 18.8 Å². The lowest BCUT2D eigenvalue weighted by atomic mass is 10.1. The Labute approximate surface area is 99.8 Å². The van der Waals surface area contributed by atoms with Gasteiger partial charge in [-0.1, -0.05) is 11.8 Å². The molecule has 0 bridgehead atoms. The molecular weight excluding hydrogens is 218 g/mol. The zero-order valence-electron chi connectivity index (χ0n) is 9.74. The van der Waals surface area contributed by atoms with Gasteiger partial charge < -0.3 is 10.5 Å². The summed E-state index contributed by atoms with van der Waals surface area (Å²) < 4.78 is 4.61.